The van der Waals surface area contributed by atoms with Crippen molar-refractivity contribution in [1.29, 1.82) is 0 Å². The molecule has 0 spiro atoms. The maximum atomic E-state index is 4.46. The van der Waals surface area contributed by atoms with Crippen molar-refractivity contribution in [2.45, 2.75) is 47.2 Å². The Labute approximate surface area is 86.5 Å². The lowest BCUT2D eigenvalue weighted by Gasteiger charge is -2.18. The van der Waals surface area contributed by atoms with Crippen molar-refractivity contribution in [3.8, 4) is 0 Å². The van der Waals surface area contributed by atoms with E-state index in [0.29, 0.717) is 12.0 Å². The van der Waals surface area contributed by atoms with Crippen LogP contribution < -0.4 is 5.32 Å². The van der Waals surface area contributed by atoms with Gasteiger partial charge in [-0.3, -0.25) is 0 Å². The molecule has 0 saturated carbocycles. The lowest BCUT2D eigenvalue weighted by molar-refractivity contribution is 0.552. The van der Waals surface area contributed by atoms with Crippen LogP contribution in [0, 0.1) is 12.8 Å². The zero-order valence-electron chi connectivity index (χ0n) is 9.83. The van der Waals surface area contributed by atoms with Crippen molar-refractivity contribution in [2.75, 3.05) is 5.32 Å². The van der Waals surface area contributed by atoms with Gasteiger partial charge >= 0.3 is 0 Å². The van der Waals surface area contributed by atoms with Gasteiger partial charge < -0.3 is 9.88 Å². The number of aromatic nitrogens is 2. The monoisotopic (exact) mass is 195 g/mol. The standard InChI is InChI=1S/C11H21N3/c1-6-14-7-9(4)12-11(14)13-10(5)8(2)3/h7-8,10H,6H2,1-5H3,(H,12,13). The molecule has 3 heteroatoms. The highest BCUT2D eigenvalue weighted by atomic mass is 15.2. The summed E-state index contributed by atoms with van der Waals surface area (Å²) in [6, 6.07) is 0.460. The number of imidazole rings is 1. The number of aryl methyl sites for hydroxylation is 2. The van der Waals surface area contributed by atoms with Crippen LogP contribution in [-0.4, -0.2) is 15.6 Å². The molecule has 1 unspecified atom stereocenters. The summed E-state index contributed by atoms with van der Waals surface area (Å²) in [4.78, 5) is 4.46. The fourth-order valence-electron chi connectivity index (χ4n) is 1.27. The van der Waals surface area contributed by atoms with Gasteiger partial charge in [0.15, 0.2) is 0 Å². The average molecular weight is 195 g/mol. The van der Waals surface area contributed by atoms with Gasteiger partial charge in [0.25, 0.3) is 0 Å². The summed E-state index contributed by atoms with van der Waals surface area (Å²) in [5.41, 5.74) is 1.07. The van der Waals surface area contributed by atoms with E-state index in [1.54, 1.807) is 0 Å². The molecule has 1 N–H and O–H groups in total. The van der Waals surface area contributed by atoms with Crippen LogP contribution in [0.5, 0.6) is 0 Å². The van der Waals surface area contributed by atoms with Gasteiger partial charge in [-0.1, -0.05) is 13.8 Å². The molecule has 0 aliphatic carbocycles. The Bertz CT molecular complexity index is 289. The first-order valence-corrected chi connectivity index (χ1v) is 5.35. The minimum Gasteiger partial charge on any atom is -0.353 e. The Morgan fingerprint density at radius 1 is 1.43 bits per heavy atom. The predicted molar refractivity (Wildman–Crippen MR) is 60.6 cm³/mol. The third kappa shape index (κ3) is 2.50. The van der Waals surface area contributed by atoms with E-state index in [9.17, 15) is 0 Å². The van der Waals surface area contributed by atoms with Gasteiger partial charge in [0.05, 0.1) is 5.69 Å². The van der Waals surface area contributed by atoms with Gasteiger partial charge in [0.2, 0.25) is 5.95 Å². The van der Waals surface area contributed by atoms with Gasteiger partial charge in [-0.15, -0.1) is 0 Å². The maximum absolute atomic E-state index is 4.46. The zero-order chi connectivity index (χ0) is 10.7. The second-order valence-corrected chi connectivity index (χ2v) is 4.17. The molecule has 14 heavy (non-hydrogen) atoms. The predicted octanol–water partition coefficient (Wildman–Crippen LogP) is 2.67. The average Bonchev–Trinajstić information content (AvgIpc) is 2.45. The highest BCUT2D eigenvalue weighted by Gasteiger charge is 2.10. The molecule has 0 saturated heterocycles. The molecule has 0 aromatic carbocycles. The van der Waals surface area contributed by atoms with E-state index >= 15 is 0 Å². The molecule has 1 atom stereocenters. The van der Waals surface area contributed by atoms with Crippen molar-refractivity contribution in [3.05, 3.63) is 11.9 Å². The third-order valence-corrected chi connectivity index (χ3v) is 2.59. The number of rotatable bonds is 4. The van der Waals surface area contributed by atoms with Crippen molar-refractivity contribution < 1.29 is 0 Å². The molecule has 1 aromatic rings. The van der Waals surface area contributed by atoms with Gasteiger partial charge in [-0.05, 0) is 26.7 Å². The Morgan fingerprint density at radius 3 is 2.57 bits per heavy atom. The van der Waals surface area contributed by atoms with Crippen molar-refractivity contribution in [1.82, 2.24) is 9.55 Å². The first-order valence-electron chi connectivity index (χ1n) is 5.35. The van der Waals surface area contributed by atoms with Gasteiger partial charge in [0, 0.05) is 18.8 Å². The van der Waals surface area contributed by atoms with E-state index in [-0.39, 0.29) is 0 Å². The van der Waals surface area contributed by atoms with Gasteiger partial charge in [0.1, 0.15) is 0 Å². The number of anilines is 1. The normalized spacial score (nSPS) is 13.3. The van der Waals surface area contributed by atoms with Crippen LogP contribution in [0.25, 0.3) is 0 Å². The second kappa shape index (κ2) is 4.49. The van der Waals surface area contributed by atoms with Crippen LogP contribution in [0.15, 0.2) is 6.20 Å². The molecule has 0 aliphatic heterocycles. The smallest absolute Gasteiger partial charge is 0.203 e. The van der Waals surface area contributed by atoms with Crippen LogP contribution in [0.3, 0.4) is 0 Å². The summed E-state index contributed by atoms with van der Waals surface area (Å²) in [5, 5.41) is 3.43. The molecule has 1 aromatic heterocycles. The van der Waals surface area contributed by atoms with Gasteiger partial charge in [-0.2, -0.15) is 0 Å². The molecule has 3 nitrogen and oxygen atoms in total. The van der Waals surface area contributed by atoms with E-state index in [2.05, 4.69) is 48.8 Å². The fraction of sp³-hybridized carbons (Fsp3) is 0.727. The van der Waals surface area contributed by atoms with Crippen LogP contribution in [-0.2, 0) is 6.54 Å². The molecule has 0 amide bonds. The molecule has 1 rings (SSSR count). The lowest BCUT2D eigenvalue weighted by Crippen LogP contribution is -2.23. The number of nitrogens with zero attached hydrogens (tertiary/aromatic N) is 2. The van der Waals surface area contributed by atoms with Crippen LogP contribution >= 0.6 is 0 Å². The van der Waals surface area contributed by atoms with Gasteiger partial charge in [-0.25, -0.2) is 4.98 Å². The fourth-order valence-corrected chi connectivity index (χ4v) is 1.27. The molecule has 80 valence electrons. The molecule has 0 aliphatic rings. The van der Waals surface area contributed by atoms with Crippen LogP contribution in [0.4, 0.5) is 5.95 Å². The summed E-state index contributed by atoms with van der Waals surface area (Å²) in [6.45, 7) is 11.7. The van der Waals surface area contributed by atoms with Crippen LogP contribution in [0.2, 0.25) is 0 Å². The minimum atomic E-state index is 0.460. The van der Waals surface area contributed by atoms with E-state index < -0.39 is 0 Å². The summed E-state index contributed by atoms with van der Waals surface area (Å²) in [5.74, 6) is 1.61. The molecule has 0 bridgehead atoms. The van der Waals surface area contributed by atoms with E-state index in [4.69, 9.17) is 0 Å². The molecule has 0 fully saturated rings. The van der Waals surface area contributed by atoms with E-state index in [1.165, 1.54) is 0 Å². The second-order valence-electron chi connectivity index (χ2n) is 4.17. The first-order chi connectivity index (χ1) is 6.54. The highest BCUT2D eigenvalue weighted by molar-refractivity contribution is 5.30. The molecular weight excluding hydrogens is 174 g/mol. The summed E-state index contributed by atoms with van der Waals surface area (Å²) >= 11 is 0. The summed E-state index contributed by atoms with van der Waals surface area (Å²) in [6.07, 6.45) is 2.08. The number of hydrogen-bond donors (Lipinski definition) is 1. The Morgan fingerprint density at radius 2 is 2.07 bits per heavy atom. The topological polar surface area (TPSA) is 29.9 Å². The number of nitrogens with one attached hydrogen (secondary N) is 1. The van der Waals surface area contributed by atoms with Crippen molar-refractivity contribution in [2.24, 2.45) is 5.92 Å². The van der Waals surface area contributed by atoms with E-state index in [0.717, 1.165) is 18.2 Å². The highest BCUT2D eigenvalue weighted by Crippen LogP contribution is 2.12. The lowest BCUT2D eigenvalue weighted by atomic mass is 10.1. The van der Waals surface area contributed by atoms with E-state index in [1.807, 2.05) is 6.92 Å². The maximum Gasteiger partial charge on any atom is 0.203 e. The van der Waals surface area contributed by atoms with Crippen LogP contribution in [0.1, 0.15) is 33.4 Å². The molecular formula is C11H21N3. The Hall–Kier alpha value is -0.990. The molecule has 1 heterocycles. The quantitative estimate of drug-likeness (QED) is 0.800. The minimum absolute atomic E-state index is 0.460. The van der Waals surface area contributed by atoms with Crippen molar-refractivity contribution in [3.63, 3.8) is 0 Å². The molecule has 0 radical (unpaired) electrons. The Kier molecular flexibility index (Phi) is 3.55. The largest absolute Gasteiger partial charge is 0.353 e. The zero-order valence-corrected chi connectivity index (χ0v) is 9.83. The summed E-state index contributed by atoms with van der Waals surface area (Å²) in [7, 11) is 0. The number of hydrogen-bond acceptors (Lipinski definition) is 2. The van der Waals surface area contributed by atoms with Crippen molar-refractivity contribution >= 4 is 5.95 Å². The first kappa shape index (κ1) is 11.1. The third-order valence-electron chi connectivity index (χ3n) is 2.59. The SMILES string of the molecule is CCn1cc(C)nc1NC(C)C(C)C. The summed E-state index contributed by atoms with van der Waals surface area (Å²) < 4.78 is 2.15. The Balaban J connectivity index is 2.74.